The molecule has 0 radical (unpaired) electrons. The van der Waals surface area contributed by atoms with E-state index in [0.29, 0.717) is 29.1 Å². The maximum atomic E-state index is 13.6. The van der Waals surface area contributed by atoms with E-state index >= 15 is 0 Å². The average Bonchev–Trinajstić information content (AvgIpc) is 3.15. The first-order valence-electron chi connectivity index (χ1n) is 10.0. The van der Waals surface area contributed by atoms with Crippen LogP contribution in [0.5, 0.6) is 0 Å². The van der Waals surface area contributed by atoms with E-state index in [4.69, 9.17) is 16.3 Å². The van der Waals surface area contributed by atoms with Gasteiger partial charge in [0.2, 0.25) is 0 Å². The monoisotopic (exact) mass is 402 g/mol. The number of rotatable bonds is 5. The number of hydrogen-bond donors (Lipinski definition) is 1. The highest BCUT2D eigenvalue weighted by Crippen LogP contribution is 2.47. The Kier molecular flexibility index (Phi) is 4.95. The summed E-state index contributed by atoms with van der Waals surface area (Å²) in [6, 6.07) is 8.95. The van der Waals surface area contributed by atoms with Crippen molar-refractivity contribution in [3.8, 4) is 11.3 Å². The predicted molar refractivity (Wildman–Crippen MR) is 107 cm³/mol. The van der Waals surface area contributed by atoms with Crippen molar-refractivity contribution < 1.29 is 9.13 Å². The molecular weight excluding hydrogens is 379 g/mol. The van der Waals surface area contributed by atoms with Gasteiger partial charge in [-0.2, -0.15) is 0 Å². The molecule has 3 atom stereocenters. The van der Waals surface area contributed by atoms with Gasteiger partial charge in [-0.25, -0.2) is 4.39 Å². The second-order valence-corrected chi connectivity index (χ2v) is 8.56. The molecule has 0 spiro atoms. The van der Waals surface area contributed by atoms with Crippen LogP contribution in [-0.4, -0.2) is 54.0 Å². The molecule has 1 aromatic carbocycles. The number of hydrogen-bond acceptors (Lipinski definition) is 5. The lowest BCUT2D eigenvalue weighted by molar-refractivity contribution is 0.0540. The van der Waals surface area contributed by atoms with Crippen LogP contribution in [0.1, 0.15) is 12.8 Å². The Bertz CT molecular complexity index is 831. The minimum Gasteiger partial charge on any atom is -0.381 e. The molecule has 1 aliphatic carbocycles. The molecule has 2 aliphatic heterocycles. The van der Waals surface area contributed by atoms with Crippen LogP contribution in [0.2, 0.25) is 5.02 Å². The van der Waals surface area contributed by atoms with Crippen LogP contribution < -0.4 is 5.32 Å². The largest absolute Gasteiger partial charge is 0.381 e. The molecule has 1 aromatic heterocycles. The highest BCUT2D eigenvalue weighted by molar-refractivity contribution is 6.33. The van der Waals surface area contributed by atoms with Crippen LogP contribution >= 0.6 is 11.6 Å². The van der Waals surface area contributed by atoms with Crippen LogP contribution in [0.25, 0.3) is 11.3 Å². The Morgan fingerprint density at radius 1 is 1.11 bits per heavy atom. The van der Waals surface area contributed by atoms with Gasteiger partial charge < -0.3 is 15.0 Å². The zero-order valence-electron chi connectivity index (χ0n) is 15.7. The predicted octanol–water partition coefficient (Wildman–Crippen LogP) is 3.70. The number of likely N-dealkylation sites (tertiary alicyclic amines) is 1. The summed E-state index contributed by atoms with van der Waals surface area (Å²) < 4.78 is 19.1. The first kappa shape index (κ1) is 18.3. The van der Waals surface area contributed by atoms with Crippen molar-refractivity contribution in [1.29, 1.82) is 0 Å². The Hall–Kier alpha value is -1.76. The molecule has 3 heterocycles. The number of halogens is 2. The van der Waals surface area contributed by atoms with Crippen LogP contribution in [0.15, 0.2) is 30.3 Å². The molecule has 0 bridgehead atoms. The van der Waals surface area contributed by atoms with E-state index in [2.05, 4.69) is 20.4 Å². The van der Waals surface area contributed by atoms with Gasteiger partial charge in [0.15, 0.2) is 0 Å². The van der Waals surface area contributed by atoms with Crippen molar-refractivity contribution in [1.82, 2.24) is 15.1 Å². The van der Waals surface area contributed by atoms with E-state index < -0.39 is 5.82 Å². The summed E-state index contributed by atoms with van der Waals surface area (Å²) >= 11 is 6.04. The van der Waals surface area contributed by atoms with Gasteiger partial charge >= 0.3 is 0 Å². The van der Waals surface area contributed by atoms with Gasteiger partial charge in [-0.15, -0.1) is 10.2 Å². The van der Waals surface area contributed by atoms with Gasteiger partial charge in [0.1, 0.15) is 11.6 Å². The highest BCUT2D eigenvalue weighted by atomic mass is 35.5. The fourth-order valence-electron chi connectivity index (χ4n) is 4.70. The molecule has 1 saturated carbocycles. The maximum Gasteiger partial charge on any atom is 0.148 e. The molecule has 0 unspecified atom stereocenters. The first-order valence-corrected chi connectivity index (χ1v) is 10.4. The first-order chi connectivity index (χ1) is 13.7. The van der Waals surface area contributed by atoms with Crippen LogP contribution in [0.3, 0.4) is 0 Å². The third-order valence-corrected chi connectivity index (χ3v) is 6.72. The summed E-state index contributed by atoms with van der Waals surface area (Å²) in [5.41, 5.74) is 1.14. The normalized spacial score (nSPS) is 27.6. The molecule has 1 N–H and O–H groups in total. The van der Waals surface area contributed by atoms with Crippen LogP contribution in [-0.2, 0) is 4.74 Å². The lowest BCUT2D eigenvalue weighted by Crippen LogP contribution is -2.34. The minimum absolute atomic E-state index is 0.0823. The fourth-order valence-corrected chi connectivity index (χ4v) is 4.92. The molecule has 2 saturated heterocycles. The van der Waals surface area contributed by atoms with E-state index in [9.17, 15) is 4.39 Å². The van der Waals surface area contributed by atoms with E-state index in [1.54, 1.807) is 12.1 Å². The number of nitrogens with one attached hydrogen (secondary N) is 1. The lowest BCUT2D eigenvalue weighted by atomic mass is 10.00. The fraction of sp³-hybridized carbons (Fsp3) is 0.524. The number of benzene rings is 1. The minimum atomic E-state index is -0.445. The van der Waals surface area contributed by atoms with Gasteiger partial charge in [0, 0.05) is 44.5 Å². The molecule has 148 valence electrons. The number of aromatic nitrogens is 2. The standard InChI is InChI=1S/C21H24ClFN4O/c22-20-14(2-1-3-17(20)23)18-4-5-19(26-25-18)24-21-15-11-27(12-16(15)21)10-13-6-8-28-9-7-13/h1-5,13,15-16,21H,6-12H2,(H,24,26)/t15-,16+,21+. The third kappa shape index (κ3) is 3.61. The van der Waals surface area contributed by atoms with Crippen LogP contribution in [0, 0.1) is 23.6 Å². The van der Waals surface area contributed by atoms with Gasteiger partial charge in [-0.3, -0.25) is 0 Å². The van der Waals surface area contributed by atoms with E-state index in [1.165, 1.54) is 38.5 Å². The molecule has 28 heavy (non-hydrogen) atoms. The maximum absolute atomic E-state index is 13.6. The summed E-state index contributed by atoms with van der Waals surface area (Å²) in [6.45, 7) is 5.40. The number of fused-ring (bicyclic) bond motifs is 1. The van der Waals surface area contributed by atoms with E-state index in [0.717, 1.165) is 24.9 Å². The van der Waals surface area contributed by atoms with Crippen molar-refractivity contribution >= 4 is 17.4 Å². The molecular formula is C21H24ClFN4O. The molecule has 5 rings (SSSR count). The van der Waals surface area contributed by atoms with Crippen molar-refractivity contribution in [2.24, 2.45) is 17.8 Å². The summed E-state index contributed by atoms with van der Waals surface area (Å²) in [7, 11) is 0. The second kappa shape index (κ2) is 7.58. The number of piperidine rings is 1. The second-order valence-electron chi connectivity index (χ2n) is 8.18. The zero-order chi connectivity index (χ0) is 19.1. The molecule has 2 aromatic rings. The zero-order valence-corrected chi connectivity index (χ0v) is 16.4. The quantitative estimate of drug-likeness (QED) is 0.826. The Labute approximate surface area is 169 Å². The Morgan fingerprint density at radius 2 is 1.89 bits per heavy atom. The Morgan fingerprint density at radius 3 is 2.61 bits per heavy atom. The van der Waals surface area contributed by atoms with Crippen molar-refractivity contribution in [2.45, 2.75) is 18.9 Å². The van der Waals surface area contributed by atoms with Crippen molar-refractivity contribution in [2.75, 3.05) is 38.2 Å². The van der Waals surface area contributed by atoms with Gasteiger partial charge in [-0.1, -0.05) is 23.7 Å². The summed E-state index contributed by atoms with van der Waals surface area (Å²) in [4.78, 5) is 2.62. The van der Waals surface area contributed by atoms with Gasteiger partial charge in [0.05, 0.1) is 10.7 Å². The van der Waals surface area contributed by atoms with Crippen molar-refractivity contribution in [3.05, 3.63) is 41.2 Å². The summed E-state index contributed by atoms with van der Waals surface area (Å²) in [6.07, 6.45) is 2.40. The molecule has 5 nitrogen and oxygen atoms in total. The van der Waals surface area contributed by atoms with Gasteiger partial charge in [0.25, 0.3) is 0 Å². The molecule has 3 aliphatic rings. The SMILES string of the molecule is Fc1cccc(-c2ccc(N[C@H]3[C@@H]4CN(CC5CCOCC5)C[C@@H]43)nn2)c1Cl. The topological polar surface area (TPSA) is 50.3 Å². The average molecular weight is 403 g/mol. The van der Waals surface area contributed by atoms with Gasteiger partial charge in [-0.05, 0) is 48.8 Å². The highest BCUT2D eigenvalue weighted by Gasteiger charge is 2.55. The van der Waals surface area contributed by atoms with E-state index in [-0.39, 0.29) is 5.02 Å². The number of nitrogens with zero attached hydrogens (tertiary/aromatic N) is 3. The summed E-state index contributed by atoms with van der Waals surface area (Å²) in [5.74, 6) is 2.54. The van der Waals surface area contributed by atoms with E-state index in [1.807, 2.05) is 12.1 Å². The number of anilines is 1. The smallest absolute Gasteiger partial charge is 0.148 e. The molecule has 3 fully saturated rings. The van der Waals surface area contributed by atoms with Crippen LogP contribution in [0.4, 0.5) is 10.2 Å². The lowest BCUT2D eigenvalue weighted by Gasteiger charge is -2.28. The van der Waals surface area contributed by atoms with Crippen molar-refractivity contribution in [3.63, 3.8) is 0 Å². The third-order valence-electron chi connectivity index (χ3n) is 6.33. The molecule has 0 amide bonds. The Balaban J connectivity index is 1.15. The number of ether oxygens (including phenoxy) is 1. The molecule has 7 heteroatoms. The summed E-state index contributed by atoms with van der Waals surface area (Å²) in [5, 5.41) is 12.1.